The largest absolute Gasteiger partial charge is 0.381 e. The minimum absolute atomic E-state index is 0.0140. The smallest absolute Gasteiger partial charge is 0.245 e. The lowest BCUT2D eigenvalue weighted by Gasteiger charge is -2.33. The summed E-state index contributed by atoms with van der Waals surface area (Å²) < 4.78 is 5.37. The molecule has 3 heterocycles. The van der Waals surface area contributed by atoms with Gasteiger partial charge in [-0.3, -0.25) is 14.4 Å². The lowest BCUT2D eigenvalue weighted by atomic mass is 9.98. The molecule has 2 aliphatic carbocycles. The SMILES string of the molecule is CC1(C)[C@@H]2[C@@H](C(=O)NC(C#N)c3nncc4ccccc34)N(C(=O)C(CC3CC3)NC(=O)[C@H]3CCOC3)C[C@@H]21. The van der Waals surface area contributed by atoms with E-state index >= 15 is 0 Å². The van der Waals surface area contributed by atoms with E-state index in [0.29, 0.717) is 44.2 Å². The van der Waals surface area contributed by atoms with Gasteiger partial charge in [0, 0.05) is 23.9 Å². The van der Waals surface area contributed by atoms with Crippen molar-refractivity contribution >= 4 is 28.5 Å². The van der Waals surface area contributed by atoms with Gasteiger partial charge in [0.1, 0.15) is 17.8 Å². The summed E-state index contributed by atoms with van der Waals surface area (Å²) in [5.41, 5.74) is 0.292. The molecule has 2 unspecified atom stereocenters. The first kappa shape index (κ1) is 25.7. The van der Waals surface area contributed by atoms with Crippen molar-refractivity contribution in [1.29, 1.82) is 5.26 Å². The molecule has 10 heteroatoms. The third-order valence-electron chi connectivity index (χ3n) is 9.23. The Morgan fingerprint density at radius 1 is 1.18 bits per heavy atom. The van der Waals surface area contributed by atoms with E-state index in [0.717, 1.165) is 23.6 Å². The highest BCUT2D eigenvalue weighted by molar-refractivity contribution is 5.94. The number of fused-ring (bicyclic) bond motifs is 2. The zero-order valence-corrected chi connectivity index (χ0v) is 22.3. The number of hydrogen-bond donors (Lipinski definition) is 2. The van der Waals surface area contributed by atoms with E-state index in [2.05, 4.69) is 40.7 Å². The van der Waals surface area contributed by atoms with Gasteiger partial charge in [-0.1, -0.05) is 51.0 Å². The maximum atomic E-state index is 14.0. The number of hydrogen-bond acceptors (Lipinski definition) is 7. The van der Waals surface area contributed by atoms with Crippen LogP contribution in [0.3, 0.4) is 0 Å². The van der Waals surface area contributed by atoms with E-state index in [1.54, 1.807) is 11.1 Å². The number of nitrogens with one attached hydrogen (secondary N) is 2. The molecule has 6 atom stereocenters. The van der Waals surface area contributed by atoms with Crippen LogP contribution >= 0.6 is 0 Å². The number of amides is 3. The molecule has 0 bridgehead atoms. The molecule has 2 saturated carbocycles. The Bertz CT molecular complexity index is 1340. The summed E-state index contributed by atoms with van der Waals surface area (Å²) in [4.78, 5) is 42.4. The fraction of sp³-hybridized carbons (Fsp3) is 0.586. The van der Waals surface area contributed by atoms with Gasteiger partial charge in [0.25, 0.3) is 0 Å². The van der Waals surface area contributed by atoms with Crippen molar-refractivity contribution in [1.82, 2.24) is 25.7 Å². The third-order valence-corrected chi connectivity index (χ3v) is 9.23. The van der Waals surface area contributed by atoms with Crippen LogP contribution in [0.5, 0.6) is 0 Å². The van der Waals surface area contributed by atoms with Gasteiger partial charge in [-0.2, -0.15) is 15.5 Å². The minimum atomic E-state index is -1.02. The maximum absolute atomic E-state index is 14.0. The highest BCUT2D eigenvalue weighted by atomic mass is 16.5. The molecule has 1 aromatic carbocycles. The number of carbonyl (C=O) groups excluding carboxylic acids is 3. The summed E-state index contributed by atoms with van der Waals surface area (Å²) in [6.07, 6.45) is 4.94. The summed E-state index contributed by atoms with van der Waals surface area (Å²) in [5, 5.41) is 25.7. The van der Waals surface area contributed by atoms with Crippen LogP contribution in [-0.4, -0.2) is 64.7 Å². The van der Waals surface area contributed by atoms with Gasteiger partial charge in [0.15, 0.2) is 6.04 Å². The Balaban J connectivity index is 1.23. The summed E-state index contributed by atoms with van der Waals surface area (Å²) in [6, 6.07) is 7.22. The monoisotopic (exact) mass is 530 g/mol. The van der Waals surface area contributed by atoms with E-state index in [-0.39, 0.29) is 40.9 Å². The van der Waals surface area contributed by atoms with Crippen LogP contribution in [0.25, 0.3) is 10.8 Å². The molecule has 2 saturated heterocycles. The van der Waals surface area contributed by atoms with Crippen LogP contribution in [0.4, 0.5) is 0 Å². The third kappa shape index (κ3) is 4.73. The highest BCUT2D eigenvalue weighted by Crippen LogP contribution is 2.65. The number of carbonyl (C=O) groups is 3. The Morgan fingerprint density at radius 3 is 2.69 bits per heavy atom. The number of rotatable bonds is 8. The molecule has 0 radical (unpaired) electrons. The summed E-state index contributed by atoms with van der Waals surface area (Å²) in [5.74, 6) is -0.401. The fourth-order valence-corrected chi connectivity index (χ4v) is 6.61. The fourth-order valence-electron chi connectivity index (χ4n) is 6.61. The lowest BCUT2D eigenvalue weighted by Crippen LogP contribution is -2.56. The first-order valence-electron chi connectivity index (χ1n) is 13.9. The predicted octanol–water partition coefficient (Wildman–Crippen LogP) is 2.12. The Hall–Kier alpha value is -3.58. The standard InChI is InChI=1S/C29H34N6O4/c1-29(2)20-14-35(28(38)21(11-16-7-8-16)32-26(36)18-9-10-39-15-18)25(23(20)29)27(37)33-22(12-30)24-19-6-4-3-5-17(19)13-31-34-24/h3-6,13,16,18,20-23,25H,7-11,14-15H2,1-2H3,(H,32,36)(H,33,37)/t18-,20-,21?,22?,23-,25-/m0/s1. The summed E-state index contributed by atoms with van der Waals surface area (Å²) in [6.45, 7) is 5.62. The second-order valence-electron chi connectivity index (χ2n) is 12.1. The summed E-state index contributed by atoms with van der Waals surface area (Å²) in [7, 11) is 0. The lowest BCUT2D eigenvalue weighted by molar-refractivity contribution is -0.144. The first-order chi connectivity index (χ1) is 18.8. The first-order valence-corrected chi connectivity index (χ1v) is 13.9. The Labute approximate surface area is 227 Å². The predicted molar refractivity (Wildman–Crippen MR) is 140 cm³/mol. The zero-order valence-electron chi connectivity index (χ0n) is 22.3. The average molecular weight is 531 g/mol. The quantitative estimate of drug-likeness (QED) is 0.533. The molecule has 10 nitrogen and oxygen atoms in total. The second-order valence-corrected chi connectivity index (χ2v) is 12.1. The van der Waals surface area contributed by atoms with Gasteiger partial charge in [-0.05, 0) is 36.0 Å². The number of benzene rings is 1. The minimum Gasteiger partial charge on any atom is -0.381 e. The van der Waals surface area contributed by atoms with Crippen LogP contribution in [0, 0.1) is 40.4 Å². The Morgan fingerprint density at radius 2 is 1.97 bits per heavy atom. The Kier molecular flexibility index (Phi) is 6.50. The van der Waals surface area contributed by atoms with Crippen molar-refractivity contribution in [3.8, 4) is 6.07 Å². The molecule has 4 aliphatic rings. The van der Waals surface area contributed by atoms with E-state index in [4.69, 9.17) is 4.74 Å². The highest BCUT2D eigenvalue weighted by Gasteiger charge is 2.69. The summed E-state index contributed by atoms with van der Waals surface area (Å²) >= 11 is 0. The topological polar surface area (TPSA) is 137 Å². The van der Waals surface area contributed by atoms with Crippen LogP contribution in [-0.2, 0) is 19.1 Å². The van der Waals surface area contributed by atoms with Crippen LogP contribution < -0.4 is 10.6 Å². The number of nitrogens with zero attached hydrogens (tertiary/aromatic N) is 4. The van der Waals surface area contributed by atoms with E-state index in [1.807, 2.05) is 24.3 Å². The molecule has 2 aromatic rings. The van der Waals surface area contributed by atoms with E-state index < -0.39 is 18.1 Å². The van der Waals surface area contributed by atoms with Gasteiger partial charge >= 0.3 is 0 Å². The molecular weight excluding hydrogens is 496 g/mol. The zero-order chi connectivity index (χ0) is 27.3. The molecule has 4 fully saturated rings. The number of piperidine rings is 1. The normalized spacial score (nSPS) is 28.3. The van der Waals surface area contributed by atoms with Gasteiger partial charge in [-0.25, -0.2) is 0 Å². The second kappa shape index (κ2) is 9.87. The van der Waals surface area contributed by atoms with Crippen LogP contribution in [0.1, 0.15) is 51.3 Å². The maximum Gasteiger partial charge on any atom is 0.245 e. The molecule has 1 aromatic heterocycles. The number of aromatic nitrogens is 2. The van der Waals surface area contributed by atoms with Crippen molar-refractivity contribution in [3.05, 3.63) is 36.2 Å². The van der Waals surface area contributed by atoms with Crippen molar-refractivity contribution < 1.29 is 19.1 Å². The molecule has 2 N–H and O–H groups in total. The molecule has 6 rings (SSSR count). The average Bonchev–Trinajstić information content (AvgIpc) is 3.63. The van der Waals surface area contributed by atoms with Gasteiger partial charge < -0.3 is 20.3 Å². The molecule has 2 aliphatic heterocycles. The van der Waals surface area contributed by atoms with Gasteiger partial charge in [0.05, 0.1) is 24.8 Å². The molecule has 39 heavy (non-hydrogen) atoms. The van der Waals surface area contributed by atoms with Gasteiger partial charge in [-0.15, -0.1) is 0 Å². The van der Waals surface area contributed by atoms with Crippen molar-refractivity contribution in [2.24, 2.45) is 29.1 Å². The van der Waals surface area contributed by atoms with E-state index in [9.17, 15) is 19.6 Å². The van der Waals surface area contributed by atoms with Gasteiger partial charge in [0.2, 0.25) is 17.7 Å². The molecule has 204 valence electrons. The van der Waals surface area contributed by atoms with Crippen molar-refractivity contribution in [2.45, 2.75) is 57.7 Å². The van der Waals surface area contributed by atoms with Crippen molar-refractivity contribution in [3.63, 3.8) is 0 Å². The number of likely N-dealkylation sites (tertiary alicyclic amines) is 1. The van der Waals surface area contributed by atoms with E-state index in [1.165, 1.54) is 0 Å². The number of nitriles is 1. The molecular formula is C29H34N6O4. The van der Waals surface area contributed by atoms with Crippen molar-refractivity contribution in [2.75, 3.05) is 19.8 Å². The number of ether oxygens (including phenoxy) is 1. The molecule has 3 amide bonds. The van der Waals surface area contributed by atoms with Crippen LogP contribution in [0.15, 0.2) is 30.5 Å². The van der Waals surface area contributed by atoms with Crippen LogP contribution in [0.2, 0.25) is 0 Å². The molecule has 0 spiro atoms.